The van der Waals surface area contributed by atoms with E-state index in [-0.39, 0.29) is 11.9 Å². The summed E-state index contributed by atoms with van der Waals surface area (Å²) in [6.07, 6.45) is 1.39. The molecule has 0 fully saturated rings. The highest BCUT2D eigenvalue weighted by Gasteiger charge is 2.55. The van der Waals surface area contributed by atoms with E-state index in [0.717, 1.165) is 12.1 Å². The Morgan fingerprint density at radius 3 is 2.53 bits per heavy atom. The predicted molar refractivity (Wildman–Crippen MR) is 66.8 cm³/mol. The molecule has 98 valence electrons. The first-order valence-electron chi connectivity index (χ1n) is 6.45. The van der Waals surface area contributed by atoms with Crippen LogP contribution in [-0.4, -0.2) is 23.9 Å². The standard InChI is InChI=1S/C13H23NO3/c1-6-10-11(9(4)5)13(7-2,17-14-10)12(15)16-8-3/h9,11H,6-8H2,1-5H3. The van der Waals surface area contributed by atoms with Gasteiger partial charge in [-0.1, -0.05) is 32.9 Å². The SMILES string of the molecule is CCOC(=O)C1(CC)ON=C(CC)C1C(C)C. The van der Waals surface area contributed by atoms with Crippen LogP contribution in [0.5, 0.6) is 0 Å². The Balaban J connectivity index is 3.04. The van der Waals surface area contributed by atoms with Crippen molar-refractivity contribution in [2.24, 2.45) is 17.0 Å². The molecule has 0 spiro atoms. The first kappa shape index (κ1) is 14.0. The number of esters is 1. The van der Waals surface area contributed by atoms with Gasteiger partial charge in [0.1, 0.15) is 0 Å². The summed E-state index contributed by atoms with van der Waals surface area (Å²) in [6.45, 7) is 10.3. The van der Waals surface area contributed by atoms with Crippen molar-refractivity contribution in [3.05, 3.63) is 0 Å². The van der Waals surface area contributed by atoms with Crippen molar-refractivity contribution < 1.29 is 14.4 Å². The van der Waals surface area contributed by atoms with E-state index in [4.69, 9.17) is 9.57 Å². The Bertz CT molecular complexity index is 312. The highest BCUT2D eigenvalue weighted by molar-refractivity contribution is 5.96. The summed E-state index contributed by atoms with van der Waals surface area (Å²) < 4.78 is 5.16. The highest BCUT2D eigenvalue weighted by atomic mass is 16.7. The van der Waals surface area contributed by atoms with E-state index in [1.807, 2.05) is 20.8 Å². The van der Waals surface area contributed by atoms with Crippen LogP contribution in [0.25, 0.3) is 0 Å². The molecule has 0 saturated heterocycles. The van der Waals surface area contributed by atoms with Gasteiger partial charge in [-0.05, 0) is 25.7 Å². The van der Waals surface area contributed by atoms with Gasteiger partial charge in [0.25, 0.3) is 0 Å². The molecule has 0 aromatic heterocycles. The molecule has 2 atom stereocenters. The molecule has 0 aromatic rings. The zero-order valence-electron chi connectivity index (χ0n) is 11.4. The lowest BCUT2D eigenvalue weighted by Crippen LogP contribution is -2.49. The lowest BCUT2D eigenvalue weighted by molar-refractivity contribution is -0.175. The zero-order chi connectivity index (χ0) is 13.1. The molecule has 0 radical (unpaired) electrons. The van der Waals surface area contributed by atoms with Gasteiger partial charge in [-0.25, -0.2) is 4.79 Å². The van der Waals surface area contributed by atoms with Gasteiger partial charge in [-0.3, -0.25) is 0 Å². The fraction of sp³-hybridized carbons (Fsp3) is 0.846. The Morgan fingerprint density at radius 2 is 2.12 bits per heavy atom. The predicted octanol–water partition coefficient (Wildman–Crippen LogP) is 2.77. The summed E-state index contributed by atoms with van der Waals surface area (Å²) in [6, 6.07) is 0. The number of carbonyl (C=O) groups excluding carboxylic acids is 1. The molecule has 4 nitrogen and oxygen atoms in total. The number of oxime groups is 1. The Labute approximate surface area is 103 Å². The van der Waals surface area contributed by atoms with Crippen molar-refractivity contribution in [3.8, 4) is 0 Å². The summed E-state index contributed by atoms with van der Waals surface area (Å²) in [7, 11) is 0. The molecule has 0 amide bonds. The van der Waals surface area contributed by atoms with Crippen LogP contribution in [0.15, 0.2) is 5.16 Å². The van der Waals surface area contributed by atoms with Gasteiger partial charge in [0, 0.05) is 0 Å². The lowest BCUT2D eigenvalue weighted by Gasteiger charge is -2.32. The minimum Gasteiger partial charge on any atom is -0.463 e. The third-order valence-corrected chi connectivity index (χ3v) is 3.36. The van der Waals surface area contributed by atoms with Crippen LogP contribution in [0.3, 0.4) is 0 Å². The second kappa shape index (κ2) is 5.52. The Hall–Kier alpha value is -1.06. The molecule has 4 heteroatoms. The smallest absolute Gasteiger partial charge is 0.354 e. The number of nitrogens with zero attached hydrogens (tertiary/aromatic N) is 1. The maximum Gasteiger partial charge on any atom is 0.354 e. The van der Waals surface area contributed by atoms with E-state index in [9.17, 15) is 4.79 Å². The van der Waals surface area contributed by atoms with E-state index in [0.29, 0.717) is 18.9 Å². The van der Waals surface area contributed by atoms with Crippen molar-refractivity contribution >= 4 is 11.7 Å². The largest absolute Gasteiger partial charge is 0.463 e. The highest BCUT2D eigenvalue weighted by Crippen LogP contribution is 2.39. The van der Waals surface area contributed by atoms with E-state index in [1.165, 1.54) is 0 Å². The number of hydrogen-bond acceptors (Lipinski definition) is 4. The summed E-state index contributed by atoms with van der Waals surface area (Å²) in [5.41, 5.74) is 0.0603. The van der Waals surface area contributed by atoms with Gasteiger partial charge < -0.3 is 9.57 Å². The summed E-state index contributed by atoms with van der Waals surface area (Å²) in [5, 5.41) is 4.10. The maximum absolute atomic E-state index is 12.2. The minimum absolute atomic E-state index is 0.0246. The van der Waals surface area contributed by atoms with Crippen LogP contribution >= 0.6 is 0 Å². The first-order chi connectivity index (χ1) is 8.03. The third-order valence-electron chi connectivity index (χ3n) is 3.36. The number of hydrogen-bond donors (Lipinski definition) is 0. The molecule has 1 heterocycles. The minimum atomic E-state index is -0.907. The van der Waals surface area contributed by atoms with Gasteiger partial charge >= 0.3 is 5.97 Å². The molecular formula is C13H23NO3. The van der Waals surface area contributed by atoms with Crippen molar-refractivity contribution in [2.45, 2.75) is 53.1 Å². The topological polar surface area (TPSA) is 47.9 Å². The fourth-order valence-electron chi connectivity index (χ4n) is 2.58. The van der Waals surface area contributed by atoms with Crippen molar-refractivity contribution in [1.29, 1.82) is 0 Å². The van der Waals surface area contributed by atoms with Gasteiger partial charge in [0.2, 0.25) is 5.60 Å². The Morgan fingerprint density at radius 1 is 1.47 bits per heavy atom. The molecule has 0 saturated carbocycles. The Kier molecular flexibility index (Phi) is 4.54. The molecule has 0 bridgehead atoms. The molecule has 2 unspecified atom stereocenters. The molecule has 1 aliphatic heterocycles. The molecule has 1 rings (SSSR count). The van der Waals surface area contributed by atoms with Crippen molar-refractivity contribution in [3.63, 3.8) is 0 Å². The van der Waals surface area contributed by atoms with Gasteiger partial charge in [0.15, 0.2) is 0 Å². The molecular weight excluding hydrogens is 218 g/mol. The summed E-state index contributed by atoms with van der Waals surface area (Å²) >= 11 is 0. The first-order valence-corrected chi connectivity index (χ1v) is 6.45. The molecule has 0 aromatic carbocycles. The third kappa shape index (κ3) is 2.31. The van der Waals surface area contributed by atoms with Crippen LogP contribution in [0.1, 0.15) is 47.5 Å². The van der Waals surface area contributed by atoms with Crippen LogP contribution in [0, 0.1) is 11.8 Å². The number of rotatable bonds is 5. The maximum atomic E-state index is 12.2. The van der Waals surface area contributed by atoms with E-state index in [2.05, 4.69) is 19.0 Å². The lowest BCUT2D eigenvalue weighted by atomic mass is 9.75. The zero-order valence-corrected chi connectivity index (χ0v) is 11.4. The summed E-state index contributed by atoms with van der Waals surface area (Å²) in [4.78, 5) is 17.6. The fourth-order valence-corrected chi connectivity index (χ4v) is 2.58. The van der Waals surface area contributed by atoms with E-state index >= 15 is 0 Å². The second-order valence-electron chi connectivity index (χ2n) is 4.71. The van der Waals surface area contributed by atoms with Crippen LogP contribution in [0.2, 0.25) is 0 Å². The van der Waals surface area contributed by atoms with Crippen molar-refractivity contribution in [2.75, 3.05) is 6.61 Å². The van der Waals surface area contributed by atoms with Crippen LogP contribution < -0.4 is 0 Å². The molecule has 0 aliphatic carbocycles. The van der Waals surface area contributed by atoms with Gasteiger partial charge in [-0.15, -0.1) is 0 Å². The normalized spacial score (nSPS) is 27.9. The number of ether oxygens (including phenoxy) is 1. The van der Waals surface area contributed by atoms with Gasteiger partial charge in [0.05, 0.1) is 18.2 Å². The molecule has 1 aliphatic rings. The van der Waals surface area contributed by atoms with Gasteiger partial charge in [-0.2, -0.15) is 0 Å². The monoisotopic (exact) mass is 241 g/mol. The second-order valence-corrected chi connectivity index (χ2v) is 4.71. The molecule has 0 N–H and O–H groups in total. The van der Waals surface area contributed by atoms with Crippen molar-refractivity contribution in [1.82, 2.24) is 0 Å². The quantitative estimate of drug-likeness (QED) is 0.695. The average Bonchev–Trinajstić information content (AvgIpc) is 2.69. The summed E-state index contributed by atoms with van der Waals surface area (Å²) in [5.74, 6) is 0.0468. The van der Waals surface area contributed by atoms with E-state index in [1.54, 1.807) is 0 Å². The van der Waals surface area contributed by atoms with E-state index < -0.39 is 5.60 Å². The average molecular weight is 241 g/mol. The molecule has 17 heavy (non-hydrogen) atoms. The van der Waals surface area contributed by atoms with Crippen LogP contribution in [0.4, 0.5) is 0 Å². The van der Waals surface area contributed by atoms with Crippen LogP contribution in [-0.2, 0) is 14.4 Å². The number of carbonyl (C=O) groups is 1.